The lowest BCUT2D eigenvalue weighted by Gasteiger charge is -2.23. The van der Waals surface area contributed by atoms with Crippen LogP contribution in [0.2, 0.25) is 0 Å². The van der Waals surface area contributed by atoms with Gasteiger partial charge in [-0.1, -0.05) is 54.6 Å². The Balaban J connectivity index is 1.65. The second kappa shape index (κ2) is 8.82. The Hall–Kier alpha value is -4.58. The van der Waals surface area contributed by atoms with Crippen molar-refractivity contribution in [1.29, 1.82) is 0 Å². The van der Waals surface area contributed by atoms with Gasteiger partial charge >= 0.3 is 5.97 Å². The smallest absolute Gasteiger partial charge is 0.346 e. The summed E-state index contributed by atoms with van der Waals surface area (Å²) >= 11 is 0. The number of aliphatic carboxylic acids is 1. The Kier molecular flexibility index (Phi) is 5.45. The minimum Gasteiger partial charge on any atom is -0.478 e. The fourth-order valence-corrected chi connectivity index (χ4v) is 5.73. The molecule has 5 aromatic rings. The molecule has 4 aromatic carbocycles. The van der Waals surface area contributed by atoms with E-state index in [9.17, 15) is 9.90 Å². The van der Waals surface area contributed by atoms with E-state index in [0.29, 0.717) is 6.54 Å². The summed E-state index contributed by atoms with van der Waals surface area (Å²) in [5.74, 6) is 0.956. The summed E-state index contributed by atoms with van der Waals surface area (Å²) in [7, 11) is 2.01. The van der Waals surface area contributed by atoms with Crippen LogP contribution in [0.25, 0.3) is 38.7 Å². The maximum Gasteiger partial charge on any atom is 0.346 e. The van der Waals surface area contributed by atoms with Crippen LogP contribution in [0.3, 0.4) is 0 Å². The Morgan fingerprint density at radius 3 is 2.32 bits per heavy atom. The molecule has 0 aliphatic carbocycles. The molecule has 2 heterocycles. The van der Waals surface area contributed by atoms with Gasteiger partial charge in [0.2, 0.25) is 0 Å². The van der Waals surface area contributed by atoms with Crippen molar-refractivity contribution in [2.24, 2.45) is 7.05 Å². The predicted molar refractivity (Wildman–Crippen MR) is 151 cm³/mol. The number of anilines is 2. The molecule has 1 aromatic heterocycles. The molecule has 0 atom stereocenters. The van der Waals surface area contributed by atoms with Crippen molar-refractivity contribution in [1.82, 2.24) is 4.57 Å². The number of aryl methyl sites for hydroxylation is 1. The second-order valence-corrected chi connectivity index (χ2v) is 9.35. The molecule has 0 saturated heterocycles. The monoisotopic (exact) mass is 489 g/mol. The quantitative estimate of drug-likeness (QED) is 0.246. The highest BCUT2D eigenvalue weighted by molar-refractivity contribution is 6.06. The number of carbonyl (C=O) groups is 1. The topological polar surface area (TPSA) is 52.6 Å². The molecule has 0 amide bonds. The van der Waals surface area contributed by atoms with Gasteiger partial charge in [0.25, 0.3) is 5.82 Å². The molecule has 0 saturated carbocycles. The van der Waals surface area contributed by atoms with Gasteiger partial charge in [-0.25, -0.2) is 13.9 Å². The minimum atomic E-state index is -0.874. The summed E-state index contributed by atoms with van der Waals surface area (Å²) < 4.78 is 4.02. The first-order valence-corrected chi connectivity index (χ1v) is 12.5. The van der Waals surface area contributed by atoms with Crippen molar-refractivity contribution in [3.63, 3.8) is 0 Å². The van der Waals surface area contributed by atoms with Crippen molar-refractivity contribution >= 4 is 56.0 Å². The van der Waals surface area contributed by atoms with E-state index in [1.807, 2.05) is 29.8 Å². The van der Waals surface area contributed by atoms with Crippen LogP contribution < -0.4 is 14.4 Å². The molecule has 1 aliphatic rings. The van der Waals surface area contributed by atoms with Crippen molar-refractivity contribution in [2.45, 2.75) is 13.5 Å². The second-order valence-electron chi connectivity index (χ2n) is 9.35. The van der Waals surface area contributed by atoms with Gasteiger partial charge in [0.1, 0.15) is 5.82 Å². The van der Waals surface area contributed by atoms with Crippen LogP contribution in [-0.4, -0.2) is 28.7 Å². The summed E-state index contributed by atoms with van der Waals surface area (Å²) in [5, 5.41) is 14.4. The number of nitrogens with zero attached hydrogens (tertiary/aromatic N) is 4. The lowest BCUT2D eigenvalue weighted by atomic mass is 10.1. The van der Waals surface area contributed by atoms with Crippen LogP contribution in [0.4, 0.5) is 11.4 Å². The van der Waals surface area contributed by atoms with Gasteiger partial charge in [-0.05, 0) is 42.0 Å². The number of rotatable bonds is 6. The third kappa shape index (κ3) is 3.48. The summed E-state index contributed by atoms with van der Waals surface area (Å²) in [5.41, 5.74) is 4.21. The maximum absolute atomic E-state index is 12.1. The normalized spacial score (nSPS) is 14.3. The Morgan fingerprint density at radius 2 is 1.62 bits per heavy atom. The highest BCUT2D eigenvalue weighted by atomic mass is 16.4. The van der Waals surface area contributed by atoms with Gasteiger partial charge in [0, 0.05) is 23.9 Å². The molecule has 0 spiro atoms. The van der Waals surface area contributed by atoms with Crippen LogP contribution in [0.1, 0.15) is 12.7 Å². The molecule has 0 radical (unpaired) electrons. The Bertz CT molecular complexity index is 1750. The molecule has 1 aliphatic heterocycles. The first-order valence-electron chi connectivity index (χ1n) is 12.5. The zero-order valence-electron chi connectivity index (χ0n) is 21.1. The minimum absolute atomic E-state index is 0.131. The molecule has 6 heteroatoms. The van der Waals surface area contributed by atoms with Crippen molar-refractivity contribution < 1.29 is 14.5 Å². The fourth-order valence-electron chi connectivity index (χ4n) is 5.73. The fraction of sp³-hybridized carbons (Fsp3) is 0.161. The van der Waals surface area contributed by atoms with E-state index < -0.39 is 5.97 Å². The van der Waals surface area contributed by atoms with Gasteiger partial charge in [-0.15, -0.1) is 6.58 Å². The average molecular weight is 490 g/mol. The molecule has 0 bridgehead atoms. The zero-order valence-corrected chi connectivity index (χ0v) is 21.1. The van der Waals surface area contributed by atoms with E-state index in [1.54, 1.807) is 0 Å². The summed E-state index contributed by atoms with van der Waals surface area (Å²) in [6.07, 6.45) is 4.03. The predicted octanol–water partition coefficient (Wildman–Crippen LogP) is 5.69. The highest BCUT2D eigenvalue weighted by Gasteiger charge is 2.34. The Morgan fingerprint density at radius 1 is 0.946 bits per heavy atom. The van der Waals surface area contributed by atoms with E-state index in [0.717, 1.165) is 45.7 Å². The lowest BCUT2D eigenvalue weighted by Crippen LogP contribution is -2.41. The van der Waals surface area contributed by atoms with Gasteiger partial charge in [-0.3, -0.25) is 0 Å². The number of fused-ring (bicyclic) bond motifs is 6. The molecule has 6 nitrogen and oxygen atoms in total. The molecule has 37 heavy (non-hydrogen) atoms. The molecule has 1 N–H and O–H groups in total. The SMILES string of the molecule is C=CCN1C(=Cc2n(C)c3ccc4ccccc4c3[n+]2CC(=O)O)N(CC)c2c1ccc1ccccc21. The largest absolute Gasteiger partial charge is 0.478 e. The molecule has 184 valence electrons. The van der Waals surface area contributed by atoms with Crippen LogP contribution in [0.15, 0.2) is 91.3 Å². The van der Waals surface area contributed by atoms with Gasteiger partial charge in [0.05, 0.1) is 24.5 Å². The Labute approximate surface area is 215 Å². The third-order valence-corrected chi connectivity index (χ3v) is 7.30. The summed E-state index contributed by atoms with van der Waals surface area (Å²) in [6, 6.07) is 25.1. The third-order valence-electron chi connectivity index (χ3n) is 7.30. The van der Waals surface area contributed by atoms with Crippen LogP contribution >= 0.6 is 0 Å². The number of benzene rings is 4. The number of carboxylic acids is 1. The number of carboxylic acid groups (broad SMARTS) is 1. The van der Waals surface area contributed by atoms with Gasteiger partial charge in [0.15, 0.2) is 17.6 Å². The first-order chi connectivity index (χ1) is 18.0. The van der Waals surface area contributed by atoms with Crippen molar-refractivity contribution in [3.05, 3.63) is 97.1 Å². The molecule has 0 unspecified atom stereocenters. The van der Waals surface area contributed by atoms with E-state index in [4.69, 9.17) is 0 Å². The molecular formula is C31H29N4O2+. The van der Waals surface area contributed by atoms with Crippen molar-refractivity contribution in [3.8, 4) is 0 Å². The first kappa shape index (κ1) is 22.9. The number of hydrogen-bond donors (Lipinski definition) is 1. The van der Waals surface area contributed by atoms with E-state index in [-0.39, 0.29) is 6.54 Å². The standard InChI is InChI=1S/C31H28N4O2/c1-4-18-34-26-17-15-22-11-7-9-13-24(22)31(26)33(5-2)28(34)19-27-32(3)25-16-14-21-10-6-8-12-23(21)30(25)35(27)20-29(36)37/h4,6-17,19H,1,5,18,20H2,2-3H3/p+1. The summed E-state index contributed by atoms with van der Waals surface area (Å²) in [6.45, 7) is 7.45. The van der Waals surface area contributed by atoms with Gasteiger partial charge < -0.3 is 14.9 Å². The van der Waals surface area contributed by atoms with E-state index in [1.165, 1.54) is 16.5 Å². The van der Waals surface area contributed by atoms with Gasteiger partial charge in [-0.2, -0.15) is 0 Å². The summed E-state index contributed by atoms with van der Waals surface area (Å²) in [4.78, 5) is 16.7. The average Bonchev–Trinajstić information content (AvgIpc) is 3.35. The van der Waals surface area contributed by atoms with E-state index >= 15 is 0 Å². The number of aromatic nitrogens is 2. The van der Waals surface area contributed by atoms with Crippen LogP contribution in [0.5, 0.6) is 0 Å². The van der Waals surface area contributed by atoms with E-state index in [2.05, 4.69) is 94.6 Å². The lowest BCUT2D eigenvalue weighted by molar-refractivity contribution is -0.661. The molecule has 6 rings (SSSR count). The molecule has 0 fully saturated rings. The van der Waals surface area contributed by atoms with Crippen molar-refractivity contribution in [2.75, 3.05) is 22.9 Å². The number of hydrogen-bond acceptors (Lipinski definition) is 3. The number of imidazole rings is 1. The van der Waals surface area contributed by atoms with Crippen LogP contribution in [-0.2, 0) is 18.4 Å². The highest BCUT2D eigenvalue weighted by Crippen LogP contribution is 2.46. The maximum atomic E-state index is 12.1. The van der Waals surface area contributed by atoms with Crippen LogP contribution in [0, 0.1) is 0 Å². The molecular weight excluding hydrogens is 460 g/mol. The zero-order chi connectivity index (χ0) is 25.7.